The third-order valence-electron chi connectivity index (χ3n) is 3.02. The third-order valence-corrected chi connectivity index (χ3v) is 4.31. The Labute approximate surface area is 143 Å². The Morgan fingerprint density at radius 3 is 1.68 bits per heavy atom. The molecule has 0 aliphatic heterocycles. The highest BCUT2D eigenvalue weighted by molar-refractivity contribution is 7.49. The van der Waals surface area contributed by atoms with Gasteiger partial charge in [-0.25, -0.2) is 8.78 Å². The molecule has 0 spiro atoms. The molecule has 3 aromatic rings. The Kier molecular flexibility index (Phi) is 5.00. The van der Waals surface area contributed by atoms with E-state index in [1.165, 1.54) is 0 Å². The molecule has 0 amide bonds. The van der Waals surface area contributed by atoms with E-state index in [2.05, 4.69) is 0 Å². The minimum Gasteiger partial charge on any atom is -0.386 e. The zero-order chi connectivity index (χ0) is 17.7. The highest BCUT2D eigenvalue weighted by atomic mass is 31.2. The molecule has 0 aliphatic carbocycles. The molecule has 0 aliphatic rings. The van der Waals surface area contributed by atoms with Crippen molar-refractivity contribution < 1.29 is 26.9 Å². The van der Waals surface area contributed by atoms with Crippen molar-refractivity contribution in [2.24, 2.45) is 0 Å². The van der Waals surface area contributed by atoms with E-state index in [-0.39, 0.29) is 11.5 Å². The summed E-state index contributed by atoms with van der Waals surface area (Å²) in [6.45, 7) is 0. The molecule has 4 nitrogen and oxygen atoms in total. The zero-order valence-electron chi connectivity index (χ0n) is 12.8. The molecule has 0 saturated heterocycles. The molecule has 0 heterocycles. The van der Waals surface area contributed by atoms with Gasteiger partial charge < -0.3 is 13.6 Å². The van der Waals surface area contributed by atoms with Crippen molar-refractivity contribution in [3.63, 3.8) is 0 Å². The normalized spacial score (nSPS) is 11.0. The Morgan fingerprint density at radius 1 is 0.680 bits per heavy atom. The second kappa shape index (κ2) is 7.36. The van der Waals surface area contributed by atoms with Gasteiger partial charge in [0.15, 0.2) is 11.6 Å². The Hall–Kier alpha value is -2.85. The predicted molar refractivity (Wildman–Crippen MR) is 88.7 cm³/mol. The fourth-order valence-electron chi connectivity index (χ4n) is 1.95. The molecule has 0 unspecified atom stereocenters. The molecule has 0 radical (unpaired) electrons. The largest absolute Gasteiger partial charge is 0.647 e. The van der Waals surface area contributed by atoms with Gasteiger partial charge in [-0.3, -0.25) is 0 Å². The van der Waals surface area contributed by atoms with Crippen LogP contribution in [0.2, 0.25) is 0 Å². The van der Waals surface area contributed by atoms with E-state index in [1.807, 2.05) is 0 Å². The molecule has 0 N–H and O–H groups in total. The molecule has 7 heteroatoms. The van der Waals surface area contributed by atoms with Crippen LogP contribution in [0.5, 0.6) is 17.2 Å². The van der Waals surface area contributed by atoms with Gasteiger partial charge in [-0.2, -0.15) is 4.57 Å². The van der Waals surface area contributed by atoms with Crippen LogP contribution in [-0.2, 0) is 4.57 Å². The Bertz CT molecular complexity index is 843. The summed E-state index contributed by atoms with van der Waals surface area (Å²) in [5.41, 5.74) is 0. The second-order valence-electron chi connectivity index (χ2n) is 4.92. The number of para-hydroxylation sites is 2. The van der Waals surface area contributed by atoms with Crippen LogP contribution in [0.4, 0.5) is 8.78 Å². The standard InChI is InChI=1S/C18H13F2O4P/c19-14-11-12-18(17(20)13-14)24-25(21,22-15-7-3-1-4-8-15)23-16-9-5-2-6-10-16/h1-13H. The molecule has 0 saturated carbocycles. The highest BCUT2D eigenvalue weighted by Gasteiger charge is 2.34. The van der Waals surface area contributed by atoms with Gasteiger partial charge in [-0.15, -0.1) is 0 Å². The third kappa shape index (κ3) is 4.58. The minimum atomic E-state index is -4.29. The lowest BCUT2D eigenvalue weighted by atomic mass is 10.3. The van der Waals surface area contributed by atoms with Crippen molar-refractivity contribution in [1.82, 2.24) is 0 Å². The minimum absolute atomic E-state index is 0.212. The van der Waals surface area contributed by atoms with Crippen molar-refractivity contribution in [2.45, 2.75) is 0 Å². The number of phosphoric acid groups is 1. The number of rotatable bonds is 6. The van der Waals surface area contributed by atoms with E-state index in [1.54, 1.807) is 60.7 Å². The van der Waals surface area contributed by atoms with Crippen LogP contribution in [0.3, 0.4) is 0 Å². The molecule has 0 fully saturated rings. The summed E-state index contributed by atoms with van der Waals surface area (Å²) in [5, 5.41) is 0. The van der Waals surface area contributed by atoms with Crippen molar-refractivity contribution in [3.8, 4) is 17.2 Å². The van der Waals surface area contributed by atoms with Gasteiger partial charge in [0.25, 0.3) is 0 Å². The number of hydrogen-bond acceptors (Lipinski definition) is 4. The number of phosphoric ester groups is 1. The lowest BCUT2D eigenvalue weighted by molar-refractivity contribution is 0.292. The summed E-state index contributed by atoms with van der Waals surface area (Å²) in [6, 6.07) is 19.0. The van der Waals surface area contributed by atoms with Crippen molar-refractivity contribution in [3.05, 3.63) is 90.5 Å². The molecule has 3 rings (SSSR count). The Morgan fingerprint density at radius 2 is 1.20 bits per heavy atom. The molecule has 0 bridgehead atoms. The van der Waals surface area contributed by atoms with E-state index < -0.39 is 25.2 Å². The average molecular weight is 362 g/mol. The first kappa shape index (κ1) is 17.0. The maximum atomic E-state index is 13.9. The molecule has 0 aromatic heterocycles. The first-order valence-corrected chi connectivity index (χ1v) is 8.74. The van der Waals surface area contributed by atoms with Gasteiger partial charge >= 0.3 is 7.82 Å². The van der Waals surface area contributed by atoms with E-state index in [9.17, 15) is 13.3 Å². The van der Waals surface area contributed by atoms with Gasteiger partial charge in [0, 0.05) is 6.07 Å². The summed E-state index contributed by atoms with van der Waals surface area (Å²) in [4.78, 5) is 0. The van der Waals surface area contributed by atoms with Gasteiger partial charge in [0.05, 0.1) is 0 Å². The lowest BCUT2D eigenvalue weighted by Gasteiger charge is -2.19. The summed E-state index contributed by atoms with van der Waals surface area (Å²) >= 11 is 0. The summed E-state index contributed by atoms with van der Waals surface area (Å²) < 4.78 is 55.8. The molecule has 25 heavy (non-hydrogen) atoms. The SMILES string of the molecule is O=P(Oc1ccccc1)(Oc1ccccc1)Oc1ccc(F)cc1F. The lowest BCUT2D eigenvalue weighted by Crippen LogP contribution is -2.08. The quantitative estimate of drug-likeness (QED) is 0.535. The first-order chi connectivity index (χ1) is 12.0. The van der Waals surface area contributed by atoms with Gasteiger partial charge in [0.1, 0.15) is 17.3 Å². The van der Waals surface area contributed by atoms with Gasteiger partial charge in [-0.05, 0) is 36.4 Å². The van der Waals surface area contributed by atoms with Crippen LogP contribution in [0.1, 0.15) is 0 Å². The molecule has 0 atom stereocenters. The van der Waals surface area contributed by atoms with Crippen molar-refractivity contribution in [2.75, 3.05) is 0 Å². The number of hydrogen-bond donors (Lipinski definition) is 0. The smallest absolute Gasteiger partial charge is 0.386 e. The second-order valence-corrected chi connectivity index (χ2v) is 6.36. The van der Waals surface area contributed by atoms with Crippen molar-refractivity contribution in [1.29, 1.82) is 0 Å². The first-order valence-electron chi connectivity index (χ1n) is 7.28. The summed E-state index contributed by atoms with van der Waals surface area (Å²) in [5.74, 6) is -1.83. The fourth-order valence-corrected chi connectivity index (χ4v) is 3.21. The predicted octanol–water partition coefficient (Wildman–Crippen LogP) is 5.61. The van der Waals surface area contributed by atoms with Crippen LogP contribution >= 0.6 is 7.82 Å². The zero-order valence-corrected chi connectivity index (χ0v) is 13.7. The molecular weight excluding hydrogens is 349 g/mol. The highest BCUT2D eigenvalue weighted by Crippen LogP contribution is 2.50. The van der Waals surface area contributed by atoms with E-state index in [0.717, 1.165) is 12.1 Å². The maximum absolute atomic E-state index is 13.9. The van der Waals surface area contributed by atoms with Gasteiger partial charge in [-0.1, -0.05) is 36.4 Å². The van der Waals surface area contributed by atoms with Crippen LogP contribution in [0.25, 0.3) is 0 Å². The summed E-state index contributed by atoms with van der Waals surface area (Å²) in [7, 11) is -4.29. The van der Waals surface area contributed by atoms with E-state index in [0.29, 0.717) is 6.07 Å². The number of halogens is 2. The summed E-state index contributed by atoms with van der Waals surface area (Å²) in [6.07, 6.45) is 0. The molecule has 3 aromatic carbocycles. The fraction of sp³-hybridized carbons (Fsp3) is 0. The van der Waals surface area contributed by atoms with Gasteiger partial charge in [0.2, 0.25) is 0 Å². The van der Waals surface area contributed by atoms with Crippen LogP contribution in [0, 0.1) is 11.6 Å². The average Bonchev–Trinajstić information content (AvgIpc) is 2.59. The van der Waals surface area contributed by atoms with Crippen molar-refractivity contribution >= 4 is 7.82 Å². The monoisotopic (exact) mass is 362 g/mol. The Balaban J connectivity index is 1.91. The molecule has 128 valence electrons. The van der Waals surface area contributed by atoms with Crippen LogP contribution in [-0.4, -0.2) is 0 Å². The van der Waals surface area contributed by atoms with E-state index in [4.69, 9.17) is 13.6 Å². The number of benzene rings is 3. The topological polar surface area (TPSA) is 44.8 Å². The van der Waals surface area contributed by atoms with E-state index >= 15 is 0 Å². The van der Waals surface area contributed by atoms with Crippen LogP contribution < -0.4 is 13.6 Å². The van der Waals surface area contributed by atoms with Crippen LogP contribution in [0.15, 0.2) is 78.9 Å². The molecular formula is C18H13F2O4P. The maximum Gasteiger partial charge on any atom is 0.647 e.